The highest BCUT2D eigenvalue weighted by atomic mass is 35.5. The summed E-state index contributed by atoms with van der Waals surface area (Å²) >= 11 is 12.8. The largest absolute Gasteiger partial charge is 0.489 e. The number of carboxylic acid groups (broad SMARTS) is 1. The van der Waals surface area contributed by atoms with Gasteiger partial charge >= 0.3 is 5.97 Å². The standard InChI is InChI=1S/C38H43Cl2N3O4/c1-3-5-20-43-23-35(32-19-16-30(39)22-33(32)40)41-36(43)34(42-37(44)28-12-6-25(4-2)7-13-28)21-26-10-17-31(18-11-26)47-24-27-8-14-29(15-9-27)38(45)46/h8-11,14-19,22-23,25,28,34H,3-7,12-13,20-21,24H2,1-2H3,(H,42,44)(H,45,46)/t25-,28-,34-/m0/s1. The smallest absolute Gasteiger partial charge is 0.335 e. The van der Waals surface area contributed by atoms with Crippen molar-refractivity contribution in [2.45, 2.75) is 84.4 Å². The van der Waals surface area contributed by atoms with Gasteiger partial charge in [0.1, 0.15) is 18.2 Å². The number of unbranched alkanes of at least 4 members (excludes halogenated alkanes) is 1. The molecule has 1 aromatic heterocycles. The minimum Gasteiger partial charge on any atom is -0.489 e. The summed E-state index contributed by atoms with van der Waals surface area (Å²) in [5.41, 5.74) is 3.71. The van der Waals surface area contributed by atoms with Crippen LogP contribution >= 0.6 is 23.2 Å². The van der Waals surface area contributed by atoms with E-state index in [0.717, 1.165) is 73.3 Å². The van der Waals surface area contributed by atoms with E-state index in [1.807, 2.05) is 42.6 Å². The number of rotatable bonds is 14. The van der Waals surface area contributed by atoms with Gasteiger partial charge in [-0.2, -0.15) is 0 Å². The maximum absolute atomic E-state index is 13.8. The third-order valence-electron chi connectivity index (χ3n) is 9.16. The van der Waals surface area contributed by atoms with Crippen LogP contribution in [0, 0.1) is 11.8 Å². The second kappa shape index (κ2) is 16.3. The molecule has 0 spiro atoms. The summed E-state index contributed by atoms with van der Waals surface area (Å²) in [5, 5.41) is 13.6. The molecular weight excluding hydrogens is 633 g/mol. The zero-order chi connectivity index (χ0) is 33.3. The van der Waals surface area contributed by atoms with Crippen molar-refractivity contribution in [2.24, 2.45) is 11.8 Å². The Morgan fingerprint density at radius 2 is 1.68 bits per heavy atom. The van der Waals surface area contributed by atoms with Crippen LogP contribution < -0.4 is 10.1 Å². The highest BCUT2D eigenvalue weighted by Gasteiger charge is 2.29. The summed E-state index contributed by atoms with van der Waals surface area (Å²) < 4.78 is 8.14. The van der Waals surface area contributed by atoms with Gasteiger partial charge in [-0.25, -0.2) is 9.78 Å². The molecule has 1 aliphatic carbocycles. The Labute approximate surface area is 287 Å². The number of nitrogens with one attached hydrogen (secondary N) is 1. The lowest BCUT2D eigenvalue weighted by atomic mass is 9.80. The molecule has 7 nitrogen and oxygen atoms in total. The molecule has 0 saturated heterocycles. The number of carbonyl (C=O) groups excluding carboxylic acids is 1. The van der Waals surface area contributed by atoms with Crippen LogP contribution in [-0.4, -0.2) is 26.5 Å². The lowest BCUT2D eigenvalue weighted by Gasteiger charge is -2.29. The fraction of sp³-hybridized carbons (Fsp3) is 0.395. The van der Waals surface area contributed by atoms with Gasteiger partial charge in [-0.15, -0.1) is 0 Å². The van der Waals surface area contributed by atoms with Gasteiger partial charge in [-0.1, -0.05) is 74.2 Å². The summed E-state index contributed by atoms with van der Waals surface area (Å²) in [6, 6.07) is 19.6. The first-order valence-corrected chi connectivity index (χ1v) is 17.4. The molecule has 9 heteroatoms. The second-order valence-electron chi connectivity index (χ2n) is 12.5. The molecule has 0 unspecified atom stereocenters. The van der Waals surface area contributed by atoms with Gasteiger partial charge in [0.25, 0.3) is 0 Å². The van der Waals surface area contributed by atoms with E-state index in [1.165, 1.54) is 6.42 Å². The Morgan fingerprint density at radius 3 is 2.32 bits per heavy atom. The number of carboxylic acids is 1. The molecule has 1 heterocycles. The Morgan fingerprint density at radius 1 is 0.979 bits per heavy atom. The van der Waals surface area contributed by atoms with E-state index in [1.54, 1.807) is 30.3 Å². The Hall–Kier alpha value is -3.81. The predicted octanol–water partition coefficient (Wildman–Crippen LogP) is 9.55. The SMILES string of the molecule is CCCCn1cc(-c2ccc(Cl)cc2Cl)nc1[C@H](Cc1ccc(OCc2ccc(C(=O)O)cc2)cc1)NC(=O)[C@H]1CC[C@H](CC)CC1. The van der Waals surface area contributed by atoms with Gasteiger partial charge in [0, 0.05) is 29.2 Å². The molecule has 47 heavy (non-hydrogen) atoms. The molecule has 1 atom stereocenters. The average Bonchev–Trinajstić information content (AvgIpc) is 3.50. The molecule has 5 rings (SSSR count). The van der Waals surface area contributed by atoms with E-state index in [0.29, 0.717) is 34.7 Å². The van der Waals surface area contributed by atoms with E-state index >= 15 is 0 Å². The van der Waals surface area contributed by atoms with Crippen molar-refractivity contribution >= 4 is 35.1 Å². The number of carbonyl (C=O) groups is 2. The van der Waals surface area contributed by atoms with Gasteiger partial charge in [0.05, 0.1) is 22.3 Å². The molecular formula is C38H43Cl2N3O4. The Bertz CT molecular complexity index is 1640. The monoisotopic (exact) mass is 675 g/mol. The molecule has 0 aliphatic heterocycles. The van der Waals surface area contributed by atoms with Crippen molar-refractivity contribution in [1.29, 1.82) is 0 Å². The molecule has 3 aromatic carbocycles. The Kier molecular flexibility index (Phi) is 12.0. The van der Waals surface area contributed by atoms with Gasteiger partial charge in [0.15, 0.2) is 0 Å². The van der Waals surface area contributed by atoms with Crippen molar-refractivity contribution in [3.63, 3.8) is 0 Å². The lowest BCUT2D eigenvalue weighted by molar-refractivity contribution is -0.127. The molecule has 2 N–H and O–H groups in total. The zero-order valence-corrected chi connectivity index (χ0v) is 28.6. The number of aromatic carboxylic acids is 1. The van der Waals surface area contributed by atoms with Crippen molar-refractivity contribution in [3.8, 4) is 17.0 Å². The number of aryl methyl sites for hydroxylation is 1. The van der Waals surface area contributed by atoms with Crippen LogP contribution in [0.15, 0.2) is 72.9 Å². The summed E-state index contributed by atoms with van der Waals surface area (Å²) in [6.45, 7) is 5.49. The maximum atomic E-state index is 13.8. The first kappa shape index (κ1) is 34.5. The maximum Gasteiger partial charge on any atom is 0.335 e. The number of benzene rings is 3. The first-order chi connectivity index (χ1) is 22.7. The van der Waals surface area contributed by atoms with Gasteiger partial charge in [-0.05, 0) is 98.0 Å². The van der Waals surface area contributed by atoms with Crippen LogP contribution in [0.3, 0.4) is 0 Å². The van der Waals surface area contributed by atoms with Crippen LogP contribution in [-0.2, 0) is 24.4 Å². The van der Waals surface area contributed by atoms with Gasteiger partial charge < -0.3 is 19.7 Å². The summed E-state index contributed by atoms with van der Waals surface area (Å²) in [4.78, 5) is 30.0. The minimum absolute atomic E-state index is 0.00451. The number of halogens is 2. The zero-order valence-electron chi connectivity index (χ0n) is 27.1. The third kappa shape index (κ3) is 9.17. The minimum atomic E-state index is -0.954. The van der Waals surface area contributed by atoms with Crippen LogP contribution in [0.1, 0.15) is 92.1 Å². The van der Waals surface area contributed by atoms with E-state index < -0.39 is 5.97 Å². The van der Waals surface area contributed by atoms with Crippen molar-refractivity contribution < 1.29 is 19.4 Å². The number of hydrogen-bond donors (Lipinski definition) is 2. The molecule has 1 fully saturated rings. The topological polar surface area (TPSA) is 93.5 Å². The van der Waals surface area contributed by atoms with Crippen molar-refractivity contribution in [2.75, 3.05) is 0 Å². The molecule has 248 valence electrons. The van der Waals surface area contributed by atoms with Crippen LogP contribution in [0.2, 0.25) is 10.0 Å². The summed E-state index contributed by atoms with van der Waals surface area (Å²) in [7, 11) is 0. The molecule has 1 aliphatic rings. The fourth-order valence-corrected chi connectivity index (χ4v) is 6.75. The summed E-state index contributed by atoms with van der Waals surface area (Å²) in [5.74, 6) is 1.36. The molecule has 0 radical (unpaired) electrons. The quantitative estimate of drug-likeness (QED) is 0.139. The van der Waals surface area contributed by atoms with Crippen LogP contribution in [0.4, 0.5) is 0 Å². The highest BCUT2D eigenvalue weighted by molar-refractivity contribution is 6.36. The lowest BCUT2D eigenvalue weighted by Crippen LogP contribution is -2.37. The van der Waals surface area contributed by atoms with E-state index in [2.05, 4.69) is 23.7 Å². The number of ether oxygens (including phenoxy) is 1. The average molecular weight is 677 g/mol. The number of imidazole rings is 1. The number of hydrogen-bond acceptors (Lipinski definition) is 4. The molecule has 0 bridgehead atoms. The van der Waals surface area contributed by atoms with Gasteiger partial charge in [-0.3, -0.25) is 4.79 Å². The highest BCUT2D eigenvalue weighted by Crippen LogP contribution is 2.34. The van der Waals surface area contributed by atoms with Gasteiger partial charge in [0.2, 0.25) is 5.91 Å². The second-order valence-corrected chi connectivity index (χ2v) is 13.3. The van der Waals surface area contributed by atoms with Crippen LogP contribution in [0.25, 0.3) is 11.3 Å². The fourth-order valence-electron chi connectivity index (χ4n) is 6.24. The van der Waals surface area contributed by atoms with E-state index in [9.17, 15) is 9.59 Å². The Balaban J connectivity index is 1.38. The summed E-state index contributed by atoms with van der Waals surface area (Å²) in [6.07, 6.45) is 9.77. The predicted molar refractivity (Wildman–Crippen MR) is 187 cm³/mol. The molecule has 1 amide bonds. The third-order valence-corrected chi connectivity index (χ3v) is 9.71. The first-order valence-electron chi connectivity index (χ1n) is 16.6. The number of nitrogens with zero attached hydrogens (tertiary/aromatic N) is 2. The van der Waals surface area contributed by atoms with Crippen molar-refractivity contribution in [1.82, 2.24) is 14.9 Å². The molecule has 1 saturated carbocycles. The number of aromatic nitrogens is 2. The number of amides is 1. The van der Waals surface area contributed by atoms with Crippen molar-refractivity contribution in [3.05, 3.63) is 105 Å². The van der Waals surface area contributed by atoms with Crippen LogP contribution in [0.5, 0.6) is 5.75 Å². The molecule has 4 aromatic rings. The van der Waals surface area contributed by atoms with E-state index in [-0.39, 0.29) is 23.4 Å². The normalized spacial score (nSPS) is 16.9. The van der Waals surface area contributed by atoms with E-state index in [4.69, 9.17) is 38.0 Å².